The highest BCUT2D eigenvalue weighted by Gasteiger charge is 2.44. The number of carboxylic acids is 2. The third kappa shape index (κ3) is 8.73. The molecule has 5 aromatic rings. The topological polar surface area (TPSA) is 124 Å². The highest BCUT2D eigenvalue weighted by Crippen LogP contribution is 2.52. The lowest BCUT2D eigenvalue weighted by Gasteiger charge is -2.38. The standard InChI is InChI=1S/C51H51N3O6S3/c1-5-50(3,30-51(4,6-2)48(59)60)31-53-46(58)44(63-49(53)61)47-52(29-43(55)56)45(57)42(62-47)28-33-22-25-41-39(27-33)37-18-13-19-40(37)54(41)36-23-20-32(21-24-36)26-38(34-14-9-7-10-15-34)35-16-11-8-12-17-35/h7-12,14-17,20-28,37,40H,5-6,13,18-19,29-31H2,1-4H3,(H,55,56)(H,59,60)/p+1/b42-28-,47-44+. The van der Waals surface area contributed by atoms with Crippen LogP contribution in [-0.4, -0.2) is 59.2 Å². The number of thiocarbonyl (C=S) groups is 1. The third-order valence-corrected chi connectivity index (χ3v) is 15.9. The molecule has 12 heteroatoms. The van der Waals surface area contributed by atoms with Gasteiger partial charge in [-0.25, -0.2) is 4.57 Å². The molecule has 2 aliphatic heterocycles. The number of anilines is 2. The van der Waals surface area contributed by atoms with Crippen LogP contribution in [0.1, 0.15) is 100.0 Å². The number of carbonyl (C=O) groups is 3. The molecular formula is C51H52N3O6S3+. The molecule has 9 nitrogen and oxygen atoms in total. The molecule has 2 fully saturated rings. The Bertz CT molecular complexity index is 2780. The van der Waals surface area contributed by atoms with Gasteiger partial charge in [0.2, 0.25) is 0 Å². The minimum absolute atomic E-state index is 0.217. The summed E-state index contributed by atoms with van der Waals surface area (Å²) in [5.41, 5.74) is 7.25. The van der Waals surface area contributed by atoms with Crippen molar-refractivity contribution in [2.75, 3.05) is 11.4 Å². The van der Waals surface area contributed by atoms with E-state index in [2.05, 4.69) is 95.9 Å². The summed E-state index contributed by atoms with van der Waals surface area (Å²) in [6.45, 7) is 7.21. The highest BCUT2D eigenvalue weighted by molar-refractivity contribution is 8.30. The Morgan fingerprint density at radius 2 is 1.54 bits per heavy atom. The number of nitrogens with zero attached hydrogens (tertiary/aromatic N) is 3. The van der Waals surface area contributed by atoms with Gasteiger partial charge < -0.3 is 15.1 Å². The molecule has 4 unspecified atom stereocenters. The smallest absolute Gasteiger partial charge is 0.440 e. The zero-order chi connectivity index (χ0) is 44.6. The number of thioether (sulfide) groups is 1. The lowest BCUT2D eigenvalue weighted by molar-refractivity contribution is -0.150. The first-order valence-electron chi connectivity index (χ1n) is 21.5. The third-order valence-electron chi connectivity index (χ3n) is 13.2. The fourth-order valence-corrected chi connectivity index (χ4v) is 12.0. The molecule has 1 aromatic heterocycles. The fourth-order valence-electron chi connectivity index (χ4n) is 9.53. The van der Waals surface area contributed by atoms with Crippen LogP contribution in [0.25, 0.3) is 22.6 Å². The summed E-state index contributed by atoms with van der Waals surface area (Å²) >= 11 is 7.97. The van der Waals surface area contributed by atoms with Gasteiger partial charge in [-0.3, -0.25) is 24.1 Å². The van der Waals surface area contributed by atoms with Crippen LogP contribution in [0.15, 0.2) is 103 Å². The van der Waals surface area contributed by atoms with Crippen LogP contribution in [0.5, 0.6) is 0 Å². The van der Waals surface area contributed by atoms with Crippen LogP contribution >= 0.6 is 35.3 Å². The number of benzene rings is 4. The molecule has 1 saturated heterocycles. The Labute approximate surface area is 381 Å². The summed E-state index contributed by atoms with van der Waals surface area (Å²) in [6.07, 6.45) is 8.79. The number of aliphatic carboxylic acids is 2. The first-order valence-corrected chi connectivity index (χ1v) is 23.6. The largest absolute Gasteiger partial charge is 0.481 e. The average molecular weight is 899 g/mol. The predicted molar refractivity (Wildman–Crippen MR) is 257 cm³/mol. The molecule has 0 bridgehead atoms. The van der Waals surface area contributed by atoms with Crippen LogP contribution in [0, 0.1) is 10.8 Å². The van der Waals surface area contributed by atoms with E-state index in [4.69, 9.17) is 12.2 Å². The number of thiazole rings is 1. The number of carbonyl (C=O) groups excluding carboxylic acids is 1. The van der Waals surface area contributed by atoms with E-state index < -0.39 is 29.3 Å². The van der Waals surface area contributed by atoms with E-state index in [0.717, 1.165) is 81.6 Å². The maximum absolute atomic E-state index is 14.2. The van der Waals surface area contributed by atoms with Crippen molar-refractivity contribution in [2.45, 2.75) is 84.7 Å². The van der Waals surface area contributed by atoms with E-state index in [1.54, 1.807) is 6.92 Å². The molecule has 3 N–H and O–H groups in total. The average Bonchev–Trinajstić information content (AvgIpc) is 4.03. The lowest BCUT2D eigenvalue weighted by atomic mass is 9.70. The van der Waals surface area contributed by atoms with Gasteiger partial charge in [0.25, 0.3) is 5.91 Å². The van der Waals surface area contributed by atoms with E-state index in [1.807, 2.05) is 45.0 Å². The summed E-state index contributed by atoms with van der Waals surface area (Å²) in [7, 11) is 0. The fraction of sp³-hybridized carbons (Fsp3) is 0.314. The first kappa shape index (κ1) is 44.1. The zero-order valence-electron chi connectivity index (χ0n) is 35.9. The van der Waals surface area contributed by atoms with Gasteiger partial charge in [0.15, 0.2) is 4.53 Å². The molecule has 0 radical (unpaired) electrons. The van der Waals surface area contributed by atoms with E-state index in [1.165, 1.54) is 15.0 Å². The number of fused-ring (bicyclic) bond motifs is 3. The van der Waals surface area contributed by atoms with Crippen molar-refractivity contribution in [3.05, 3.63) is 146 Å². The zero-order valence-corrected chi connectivity index (χ0v) is 38.4. The summed E-state index contributed by atoms with van der Waals surface area (Å²) < 4.78 is 2.33. The van der Waals surface area contributed by atoms with Crippen molar-refractivity contribution in [3.8, 4) is 0 Å². The number of hydrogen-bond acceptors (Lipinski definition) is 7. The minimum atomic E-state index is -1.16. The first-order chi connectivity index (χ1) is 30.2. The van der Waals surface area contributed by atoms with Crippen molar-refractivity contribution in [2.24, 2.45) is 10.8 Å². The van der Waals surface area contributed by atoms with Gasteiger partial charge >= 0.3 is 17.5 Å². The molecule has 0 spiro atoms. The number of amides is 1. The van der Waals surface area contributed by atoms with Gasteiger partial charge in [-0.05, 0) is 114 Å². The van der Waals surface area contributed by atoms with E-state index >= 15 is 0 Å². The van der Waals surface area contributed by atoms with E-state index in [-0.39, 0.29) is 22.9 Å². The SMILES string of the molecule is CCC(C)(CN1C(=O)/C(=c2\s/c(=C\c3ccc4c(c3)C3CCCC3N4c3ccc(C=C(c4ccccc4)c4ccccc4)cc3)c(=[OH+])n2CC(=O)O)SC1=S)CC(C)(CC)C(=O)O. The van der Waals surface area contributed by atoms with Gasteiger partial charge in [-0.15, -0.1) is 11.3 Å². The van der Waals surface area contributed by atoms with Crippen LogP contribution in [0.4, 0.5) is 11.4 Å². The van der Waals surface area contributed by atoms with E-state index in [0.29, 0.717) is 44.7 Å². The summed E-state index contributed by atoms with van der Waals surface area (Å²) in [4.78, 5) is 54.4. The van der Waals surface area contributed by atoms with Crippen molar-refractivity contribution in [1.29, 1.82) is 0 Å². The maximum atomic E-state index is 14.2. The van der Waals surface area contributed by atoms with Gasteiger partial charge in [0, 0.05) is 29.9 Å². The van der Waals surface area contributed by atoms with Gasteiger partial charge in [-0.1, -0.05) is 130 Å². The maximum Gasteiger partial charge on any atom is 0.440 e. The van der Waals surface area contributed by atoms with Crippen molar-refractivity contribution in [3.63, 3.8) is 0 Å². The molecule has 63 heavy (non-hydrogen) atoms. The summed E-state index contributed by atoms with van der Waals surface area (Å²) in [5.74, 6) is -2.08. The Kier molecular flexibility index (Phi) is 12.5. The Balaban J connectivity index is 1.11. The molecule has 1 saturated carbocycles. The Hall–Kier alpha value is -5.56. The number of aromatic nitrogens is 1. The Morgan fingerprint density at radius 3 is 2.14 bits per heavy atom. The van der Waals surface area contributed by atoms with Gasteiger partial charge in [-0.2, -0.15) is 0 Å². The molecule has 3 heterocycles. The second-order valence-corrected chi connectivity index (χ2v) is 20.2. The van der Waals surface area contributed by atoms with Gasteiger partial charge in [0.1, 0.15) is 20.4 Å². The van der Waals surface area contributed by atoms with Crippen LogP contribution in [0.2, 0.25) is 0 Å². The quantitative estimate of drug-likeness (QED) is 0.0643. The Morgan fingerprint density at radius 1 is 0.889 bits per heavy atom. The van der Waals surface area contributed by atoms with Crippen molar-refractivity contribution >= 4 is 91.5 Å². The second kappa shape index (κ2) is 17.9. The molecule has 4 atom stereocenters. The number of hydrogen-bond donors (Lipinski definition) is 2. The van der Waals surface area contributed by atoms with Gasteiger partial charge in [0.05, 0.1) is 5.41 Å². The molecular weight excluding hydrogens is 847 g/mol. The molecule has 1 aliphatic carbocycles. The van der Waals surface area contributed by atoms with Crippen molar-refractivity contribution in [1.82, 2.24) is 9.47 Å². The monoisotopic (exact) mass is 898 g/mol. The highest BCUT2D eigenvalue weighted by atomic mass is 32.2. The normalized spacial score (nSPS) is 20.0. The summed E-state index contributed by atoms with van der Waals surface area (Å²) in [6, 6.07) is 36.4. The van der Waals surface area contributed by atoms with Crippen LogP contribution < -0.4 is 19.7 Å². The van der Waals surface area contributed by atoms with Crippen LogP contribution in [0.3, 0.4) is 0 Å². The number of rotatable bonds is 14. The van der Waals surface area contributed by atoms with E-state index in [9.17, 15) is 29.4 Å². The molecule has 1 amide bonds. The second-order valence-electron chi connectivity index (χ2n) is 17.5. The molecule has 324 valence electrons. The summed E-state index contributed by atoms with van der Waals surface area (Å²) in [5, 5.41) is 19.9. The lowest BCUT2D eigenvalue weighted by Crippen LogP contribution is -2.43. The molecule has 4 aromatic carbocycles. The minimum Gasteiger partial charge on any atom is -0.481 e. The molecule has 3 aliphatic rings. The number of carboxylic acid groups (broad SMARTS) is 2. The predicted octanol–water partition coefficient (Wildman–Crippen LogP) is 9.12. The van der Waals surface area contributed by atoms with Crippen LogP contribution in [-0.2, 0) is 20.9 Å². The van der Waals surface area contributed by atoms with Crippen molar-refractivity contribution < 1.29 is 29.4 Å². The molecule has 8 rings (SSSR count).